The van der Waals surface area contributed by atoms with Crippen LogP contribution in [0.25, 0.3) is 22.1 Å². The first-order valence-electron chi connectivity index (χ1n) is 17.9. The number of para-hydroxylation sites is 4. The molecule has 2 aliphatic heterocycles. The van der Waals surface area contributed by atoms with E-state index in [1.165, 1.54) is 4.90 Å². The van der Waals surface area contributed by atoms with Gasteiger partial charge in [-0.3, -0.25) is 9.13 Å². The predicted octanol–water partition coefficient (Wildman–Crippen LogP) is 8.49. The van der Waals surface area contributed by atoms with Crippen LogP contribution in [-0.4, -0.2) is 68.3 Å². The minimum Gasteiger partial charge on any atom is -0.421 e. The largest absolute Gasteiger partial charge is 0.421 e. The zero-order valence-electron chi connectivity index (χ0n) is 30.5. The van der Waals surface area contributed by atoms with Gasteiger partial charge in [-0.15, -0.1) is 0 Å². The molecule has 0 saturated carbocycles. The summed E-state index contributed by atoms with van der Waals surface area (Å²) >= 11 is 0. The van der Waals surface area contributed by atoms with Gasteiger partial charge in [0.25, 0.3) is 0 Å². The highest BCUT2D eigenvalue weighted by Gasteiger charge is 2.38. The van der Waals surface area contributed by atoms with E-state index in [0.717, 1.165) is 57.4 Å². The summed E-state index contributed by atoms with van der Waals surface area (Å²) in [5, 5.41) is 7.20. The minimum absolute atomic E-state index is 0.110. The van der Waals surface area contributed by atoms with Gasteiger partial charge >= 0.3 is 12.2 Å². The Morgan fingerprint density at radius 3 is 1.74 bits per heavy atom. The lowest BCUT2D eigenvalue weighted by Gasteiger charge is -2.37. The van der Waals surface area contributed by atoms with Gasteiger partial charge < -0.3 is 29.9 Å². The number of aromatic nitrogens is 4. The zero-order chi connectivity index (χ0) is 35.7. The molecule has 0 radical (unpaired) electrons. The first-order chi connectivity index (χ1) is 24.1. The molecule has 12 nitrogen and oxygen atoms in total. The number of nitrogens with one attached hydrogen (secondary N) is 2. The molecule has 12 heteroatoms. The van der Waals surface area contributed by atoms with Gasteiger partial charge in [-0.25, -0.2) is 19.6 Å². The number of imidazole rings is 2. The van der Waals surface area contributed by atoms with Gasteiger partial charge in [0.2, 0.25) is 24.4 Å². The van der Waals surface area contributed by atoms with E-state index in [0.29, 0.717) is 37.8 Å². The molecule has 2 aromatic heterocycles. The molecular formula is C38H50N8O4. The molecule has 0 aliphatic carbocycles. The lowest BCUT2D eigenvalue weighted by atomic mass is 9.93. The summed E-state index contributed by atoms with van der Waals surface area (Å²) in [6.45, 7) is 13.5. The van der Waals surface area contributed by atoms with Crippen LogP contribution in [0.15, 0.2) is 71.1 Å². The highest BCUT2D eigenvalue weighted by Crippen LogP contribution is 2.42. The van der Waals surface area contributed by atoms with Crippen LogP contribution in [0.1, 0.15) is 79.7 Å². The Labute approximate surface area is 294 Å². The van der Waals surface area contributed by atoms with Crippen LogP contribution in [0.3, 0.4) is 0 Å². The Hall–Kier alpha value is -5.00. The zero-order valence-corrected chi connectivity index (χ0v) is 30.5. The number of fused-ring (bicyclic) bond motifs is 6. The third-order valence-corrected chi connectivity index (χ3v) is 10.1. The van der Waals surface area contributed by atoms with Crippen LogP contribution < -0.4 is 10.6 Å². The molecule has 6 rings (SSSR count). The van der Waals surface area contributed by atoms with Gasteiger partial charge in [0, 0.05) is 55.6 Å². The first-order valence-corrected chi connectivity index (χ1v) is 17.9. The summed E-state index contributed by atoms with van der Waals surface area (Å²) in [5.41, 5.74) is 7.38. The molecule has 0 bridgehead atoms. The van der Waals surface area contributed by atoms with E-state index in [1.54, 1.807) is 19.0 Å². The van der Waals surface area contributed by atoms with Crippen molar-refractivity contribution < 1.29 is 19.1 Å². The number of anilines is 2. The van der Waals surface area contributed by atoms with Gasteiger partial charge in [0.05, 0.1) is 22.1 Å². The lowest BCUT2D eigenvalue weighted by Crippen LogP contribution is -2.40. The average Bonchev–Trinajstić information content (AvgIpc) is 3.69. The second kappa shape index (κ2) is 14.5. The third-order valence-electron chi connectivity index (χ3n) is 10.1. The number of carbonyl (C=O) groups is 2. The fraction of sp³-hybridized carbons (Fsp3) is 0.474. The molecule has 2 amide bonds. The molecular weight excluding hydrogens is 632 g/mol. The summed E-state index contributed by atoms with van der Waals surface area (Å²) in [7, 11) is 3.35. The van der Waals surface area contributed by atoms with Gasteiger partial charge in [0.1, 0.15) is 0 Å². The number of benzene rings is 2. The number of ether oxygens (including phenoxy) is 2. The fourth-order valence-electron chi connectivity index (χ4n) is 7.10. The molecule has 2 aliphatic rings. The molecule has 0 saturated heterocycles. The monoisotopic (exact) mass is 682 g/mol. The van der Waals surface area contributed by atoms with Crippen molar-refractivity contribution in [2.24, 2.45) is 11.8 Å². The molecule has 266 valence electrons. The van der Waals surface area contributed by atoms with Gasteiger partial charge in [-0.05, 0) is 62.8 Å². The van der Waals surface area contributed by atoms with Gasteiger partial charge in [-0.2, -0.15) is 0 Å². The van der Waals surface area contributed by atoms with E-state index >= 15 is 0 Å². The topological polar surface area (TPSA) is 119 Å². The second-order valence-electron chi connectivity index (χ2n) is 13.2. The molecule has 4 atom stereocenters. The highest BCUT2D eigenvalue weighted by molar-refractivity contribution is 5.81. The normalized spacial score (nSPS) is 18.2. The number of carbonyl (C=O) groups excluding carboxylic acids is 2. The molecule has 2 aromatic carbocycles. The van der Waals surface area contributed by atoms with Crippen LogP contribution in [0.5, 0.6) is 0 Å². The number of hydrogen-bond donors (Lipinski definition) is 2. The second-order valence-corrected chi connectivity index (χ2v) is 13.2. The summed E-state index contributed by atoms with van der Waals surface area (Å²) in [6, 6.07) is 15.8. The average molecular weight is 683 g/mol. The number of nitrogens with zero attached hydrogens (tertiary/aromatic N) is 6. The fourth-order valence-corrected chi connectivity index (χ4v) is 7.10. The van der Waals surface area contributed by atoms with Gasteiger partial charge in [0.15, 0.2) is 0 Å². The Morgan fingerprint density at radius 1 is 0.760 bits per heavy atom. The number of amides is 2. The van der Waals surface area contributed by atoms with Crippen LogP contribution in [-0.2, 0) is 9.47 Å². The maximum absolute atomic E-state index is 14.3. The Morgan fingerprint density at radius 2 is 1.26 bits per heavy atom. The SMILES string of the molecule is CCC1=C(C(C)CC)Nc2nc3ccccc3n2C1OC(=O)N(CC)CC(CC)C1=C(CC)C(OC(=O)N(C)C)n2c(nc3ccccc32)N1. The smallest absolute Gasteiger partial charge is 0.411 e. The van der Waals surface area contributed by atoms with Crippen LogP contribution in [0.4, 0.5) is 21.5 Å². The van der Waals surface area contributed by atoms with E-state index < -0.39 is 24.6 Å². The Bertz CT molecular complexity index is 1960. The van der Waals surface area contributed by atoms with Crippen molar-refractivity contribution in [3.63, 3.8) is 0 Å². The molecule has 4 unspecified atom stereocenters. The van der Waals surface area contributed by atoms with Crippen molar-refractivity contribution in [2.45, 2.75) is 79.7 Å². The van der Waals surface area contributed by atoms with Crippen molar-refractivity contribution in [2.75, 3.05) is 37.8 Å². The molecule has 4 heterocycles. The number of hydrogen-bond acceptors (Lipinski definition) is 8. The van der Waals surface area contributed by atoms with E-state index in [-0.39, 0.29) is 11.8 Å². The van der Waals surface area contributed by atoms with Crippen molar-refractivity contribution >= 4 is 46.1 Å². The molecule has 0 spiro atoms. The summed E-state index contributed by atoms with van der Waals surface area (Å²) in [6.07, 6.45) is 0.840. The van der Waals surface area contributed by atoms with Crippen LogP contribution >= 0.6 is 0 Å². The van der Waals surface area contributed by atoms with Crippen molar-refractivity contribution in [1.29, 1.82) is 0 Å². The minimum atomic E-state index is -0.691. The van der Waals surface area contributed by atoms with Crippen molar-refractivity contribution in [3.8, 4) is 0 Å². The Balaban J connectivity index is 1.34. The highest BCUT2D eigenvalue weighted by atomic mass is 16.6. The maximum Gasteiger partial charge on any atom is 0.411 e. The maximum atomic E-state index is 14.3. The van der Waals surface area contributed by atoms with E-state index in [4.69, 9.17) is 19.4 Å². The van der Waals surface area contributed by atoms with Crippen molar-refractivity contribution in [3.05, 3.63) is 71.1 Å². The standard InChI is InChI=1S/C38H50N8O4/c1-9-23(6)31-25(11-3)33(45-29-20-16-14-18-27(29)39-35(45)41-31)50-38(48)44(13-5)22-24(10-2)32-26(12-4)34(49-37(47)43(7)8)46-30-21-17-15-19-28(30)40-36(46)42-32/h14-21,23-24,33-34H,9-13,22H2,1-8H3,(H,39,41)(H,40,42). The molecule has 2 N–H and O–H groups in total. The quantitative estimate of drug-likeness (QED) is 0.162. The Kier molecular flexibility index (Phi) is 10.1. The van der Waals surface area contributed by atoms with Crippen molar-refractivity contribution in [1.82, 2.24) is 28.9 Å². The van der Waals surface area contributed by atoms with E-state index in [1.807, 2.05) is 64.6 Å². The third kappa shape index (κ3) is 6.16. The number of rotatable bonds is 11. The van der Waals surface area contributed by atoms with Gasteiger partial charge in [-0.1, -0.05) is 58.9 Å². The van der Waals surface area contributed by atoms with E-state index in [9.17, 15) is 9.59 Å². The molecule has 50 heavy (non-hydrogen) atoms. The lowest BCUT2D eigenvalue weighted by molar-refractivity contribution is 0.0443. The molecule has 4 aromatic rings. The van der Waals surface area contributed by atoms with Crippen LogP contribution in [0, 0.1) is 11.8 Å². The summed E-state index contributed by atoms with van der Waals surface area (Å²) in [4.78, 5) is 40.3. The summed E-state index contributed by atoms with van der Waals surface area (Å²) in [5.74, 6) is 1.41. The first kappa shape index (κ1) is 34.8. The molecule has 0 fully saturated rings. The summed E-state index contributed by atoms with van der Waals surface area (Å²) < 4.78 is 16.7. The predicted molar refractivity (Wildman–Crippen MR) is 197 cm³/mol. The van der Waals surface area contributed by atoms with E-state index in [2.05, 4.69) is 45.3 Å². The number of allylic oxidation sites excluding steroid dienone is 1. The van der Waals surface area contributed by atoms with Crippen LogP contribution in [0.2, 0.25) is 0 Å².